The van der Waals surface area contributed by atoms with E-state index >= 15 is 0 Å². The Balaban J connectivity index is 1.76. The molecule has 3 rings (SSSR count). The van der Waals surface area contributed by atoms with E-state index < -0.39 is 17.4 Å². The van der Waals surface area contributed by atoms with Gasteiger partial charge >= 0.3 is 5.97 Å². The number of amides is 1. The Morgan fingerprint density at radius 3 is 2.43 bits per heavy atom. The molecule has 0 saturated carbocycles. The van der Waals surface area contributed by atoms with Crippen LogP contribution in [-0.4, -0.2) is 47.0 Å². The average molecular weight is 488 g/mol. The van der Waals surface area contributed by atoms with Crippen molar-refractivity contribution in [3.05, 3.63) is 11.6 Å². The lowest BCUT2D eigenvalue weighted by molar-refractivity contribution is -0.166. The summed E-state index contributed by atoms with van der Waals surface area (Å²) in [6, 6.07) is 0. The summed E-state index contributed by atoms with van der Waals surface area (Å²) in [6.07, 6.45) is 11.6. The van der Waals surface area contributed by atoms with Crippen LogP contribution < -0.4 is 0 Å². The number of hydrogen-bond donors (Lipinski definition) is 0. The van der Waals surface area contributed by atoms with E-state index in [-0.39, 0.29) is 35.9 Å². The van der Waals surface area contributed by atoms with Crippen molar-refractivity contribution < 1.29 is 23.9 Å². The van der Waals surface area contributed by atoms with Gasteiger partial charge in [-0.05, 0) is 63.2 Å². The minimum atomic E-state index is -1.44. The van der Waals surface area contributed by atoms with E-state index in [0.29, 0.717) is 38.1 Å². The molecule has 0 aliphatic carbocycles. The van der Waals surface area contributed by atoms with Gasteiger partial charge in [0.05, 0.1) is 6.61 Å². The Labute approximate surface area is 211 Å². The average Bonchev–Trinajstić information content (AvgIpc) is 3.06. The van der Waals surface area contributed by atoms with Gasteiger partial charge in [-0.2, -0.15) is 0 Å². The Morgan fingerprint density at radius 2 is 1.66 bits per heavy atom. The smallest absolute Gasteiger partial charge is 0.339 e. The molecule has 0 aromatic carbocycles. The molecule has 0 N–H and O–H groups in total. The second-order valence-corrected chi connectivity index (χ2v) is 11.6. The van der Waals surface area contributed by atoms with E-state index in [1.807, 2.05) is 13.8 Å². The summed E-state index contributed by atoms with van der Waals surface area (Å²) in [5.41, 5.74) is -0.169. The number of cyclic esters (lactones) is 1. The number of ether oxygens (including phenoxy) is 1. The topological polar surface area (TPSA) is 80.8 Å². The molecule has 1 spiro atoms. The van der Waals surface area contributed by atoms with Gasteiger partial charge in [0.15, 0.2) is 11.3 Å². The molecular weight excluding hydrogens is 442 g/mol. The molecule has 3 aliphatic heterocycles. The zero-order valence-electron chi connectivity index (χ0n) is 22.3. The minimum absolute atomic E-state index is 0.0116. The fraction of sp³-hybridized carbons (Fsp3) is 0.793. The highest BCUT2D eigenvalue weighted by molar-refractivity contribution is 6.23. The lowest BCUT2D eigenvalue weighted by Crippen LogP contribution is -2.59. The Bertz CT molecular complexity index is 833. The van der Waals surface area contributed by atoms with Crippen LogP contribution in [-0.2, 0) is 23.9 Å². The van der Waals surface area contributed by atoms with Crippen LogP contribution in [0.2, 0.25) is 0 Å². The van der Waals surface area contributed by atoms with Crippen LogP contribution in [0.25, 0.3) is 0 Å². The van der Waals surface area contributed by atoms with Crippen LogP contribution >= 0.6 is 0 Å². The number of carbonyl (C=O) groups excluding carboxylic acids is 4. The number of esters is 1. The molecule has 3 aliphatic rings. The van der Waals surface area contributed by atoms with E-state index in [1.54, 1.807) is 4.90 Å². The minimum Gasteiger partial charge on any atom is -0.463 e. The van der Waals surface area contributed by atoms with Crippen LogP contribution in [0.3, 0.4) is 0 Å². The third-order valence-corrected chi connectivity index (χ3v) is 8.38. The normalized spacial score (nSPS) is 36.6. The summed E-state index contributed by atoms with van der Waals surface area (Å²) in [6.45, 7) is 8.93. The van der Waals surface area contributed by atoms with Crippen LogP contribution in [0, 0.1) is 23.7 Å². The largest absolute Gasteiger partial charge is 0.463 e. The number of Topliss-reactive ketones (excluding diaryl/α,β-unsaturated/α-hetero) is 2. The predicted octanol–water partition coefficient (Wildman–Crippen LogP) is 5.43. The quantitative estimate of drug-likeness (QED) is 0.259. The summed E-state index contributed by atoms with van der Waals surface area (Å²) in [5, 5.41) is 0. The number of carbonyl (C=O) groups is 4. The number of rotatable bonds is 0. The maximum atomic E-state index is 13.7. The lowest BCUT2D eigenvalue weighted by Gasteiger charge is -2.38. The zero-order chi connectivity index (χ0) is 25.6. The van der Waals surface area contributed by atoms with Gasteiger partial charge in [-0.15, -0.1) is 0 Å². The maximum absolute atomic E-state index is 13.7. The highest BCUT2D eigenvalue weighted by atomic mass is 16.5. The first-order valence-electron chi connectivity index (χ1n) is 13.9. The van der Waals surface area contributed by atoms with Crippen molar-refractivity contribution in [2.24, 2.45) is 23.7 Å². The van der Waals surface area contributed by atoms with E-state index in [9.17, 15) is 19.2 Å². The SMILES string of the molecule is C/C1=C/CC(=O)CCC(C)COC(=O)C23CCCCN2C(=O)C(C3=O)C(C)CCCCCC(C)C1. The van der Waals surface area contributed by atoms with E-state index in [4.69, 9.17) is 4.74 Å². The van der Waals surface area contributed by atoms with E-state index in [1.165, 1.54) is 5.57 Å². The van der Waals surface area contributed by atoms with Crippen LogP contribution in [0.5, 0.6) is 0 Å². The molecule has 0 radical (unpaired) electrons. The molecule has 5 atom stereocenters. The van der Waals surface area contributed by atoms with Gasteiger partial charge in [0.1, 0.15) is 11.7 Å². The zero-order valence-corrected chi connectivity index (χ0v) is 22.3. The number of allylic oxidation sites excluding steroid dienone is 2. The molecule has 0 aromatic heterocycles. The monoisotopic (exact) mass is 487 g/mol. The first-order valence-corrected chi connectivity index (χ1v) is 13.9. The van der Waals surface area contributed by atoms with Crippen molar-refractivity contribution in [3.63, 3.8) is 0 Å². The fourth-order valence-electron chi connectivity index (χ4n) is 6.14. The number of fused-ring (bicyclic) bond motifs is 1. The van der Waals surface area contributed by atoms with Gasteiger partial charge in [0, 0.05) is 19.4 Å². The third kappa shape index (κ3) is 6.42. The summed E-state index contributed by atoms with van der Waals surface area (Å²) in [5.74, 6) is -1.03. The standard InChI is InChI=1S/C29H45NO5/c1-20-10-6-5-7-11-23(4)25-26(32)29(16-8-9-17-30(29)27(25)33)28(34)35-19-22(3)13-15-24(31)14-12-21(2)18-20/h12,20,22-23,25H,5-11,13-19H2,1-4H3/b21-12-. The van der Waals surface area contributed by atoms with Gasteiger partial charge in [-0.1, -0.05) is 58.1 Å². The second-order valence-electron chi connectivity index (χ2n) is 11.6. The van der Waals surface area contributed by atoms with Gasteiger partial charge < -0.3 is 9.64 Å². The van der Waals surface area contributed by atoms with E-state index in [0.717, 1.165) is 51.4 Å². The first kappa shape index (κ1) is 27.6. The fourth-order valence-corrected chi connectivity index (χ4v) is 6.14. The number of nitrogens with zero attached hydrogens (tertiary/aromatic N) is 1. The third-order valence-electron chi connectivity index (χ3n) is 8.38. The molecule has 2 fully saturated rings. The lowest BCUT2D eigenvalue weighted by atomic mass is 9.79. The number of hydrogen-bond acceptors (Lipinski definition) is 5. The van der Waals surface area contributed by atoms with Gasteiger partial charge in [-0.25, -0.2) is 4.79 Å². The number of piperidine rings is 1. The van der Waals surface area contributed by atoms with Gasteiger partial charge in [0.2, 0.25) is 5.91 Å². The van der Waals surface area contributed by atoms with E-state index in [2.05, 4.69) is 19.9 Å². The Morgan fingerprint density at radius 1 is 0.914 bits per heavy atom. The maximum Gasteiger partial charge on any atom is 0.339 e. The first-order chi connectivity index (χ1) is 16.7. The Kier molecular flexibility index (Phi) is 9.71. The summed E-state index contributed by atoms with van der Waals surface area (Å²) in [7, 11) is 0. The van der Waals surface area contributed by atoms with Crippen LogP contribution in [0.15, 0.2) is 11.6 Å². The molecule has 1 amide bonds. The molecule has 2 bridgehead atoms. The highest BCUT2D eigenvalue weighted by Crippen LogP contribution is 2.43. The van der Waals surface area contributed by atoms with Crippen molar-refractivity contribution in [2.75, 3.05) is 13.2 Å². The molecule has 5 unspecified atom stereocenters. The summed E-state index contributed by atoms with van der Waals surface area (Å²) >= 11 is 0. The van der Waals surface area contributed by atoms with Crippen molar-refractivity contribution in [2.45, 2.75) is 110 Å². The molecule has 6 nitrogen and oxygen atoms in total. The Hall–Kier alpha value is -1.98. The van der Waals surface area contributed by atoms with Crippen LogP contribution in [0.4, 0.5) is 0 Å². The van der Waals surface area contributed by atoms with Crippen molar-refractivity contribution >= 4 is 23.4 Å². The van der Waals surface area contributed by atoms with Gasteiger partial charge in [-0.3, -0.25) is 14.4 Å². The van der Waals surface area contributed by atoms with Crippen molar-refractivity contribution in [3.8, 4) is 0 Å². The molecule has 3 heterocycles. The van der Waals surface area contributed by atoms with Crippen LogP contribution in [0.1, 0.15) is 105 Å². The molecule has 2 saturated heterocycles. The molecule has 35 heavy (non-hydrogen) atoms. The van der Waals surface area contributed by atoms with Gasteiger partial charge in [0.25, 0.3) is 0 Å². The highest BCUT2D eigenvalue weighted by Gasteiger charge is 2.64. The molecule has 196 valence electrons. The molecule has 0 aromatic rings. The predicted molar refractivity (Wildman–Crippen MR) is 136 cm³/mol. The van der Waals surface area contributed by atoms with Crippen molar-refractivity contribution in [1.82, 2.24) is 4.90 Å². The summed E-state index contributed by atoms with van der Waals surface area (Å²) < 4.78 is 5.68. The van der Waals surface area contributed by atoms with Crippen molar-refractivity contribution in [1.29, 1.82) is 0 Å². The second kappa shape index (κ2) is 12.3. The molecule has 6 heteroatoms. The number of ketones is 2. The molecular formula is C29H45NO5. The summed E-state index contributed by atoms with van der Waals surface area (Å²) in [4.78, 5) is 54.4.